The number of hydrogen-bond acceptors (Lipinski definition) is 6. The van der Waals surface area contributed by atoms with Gasteiger partial charge in [-0.05, 0) is 37.0 Å². The summed E-state index contributed by atoms with van der Waals surface area (Å²) < 4.78 is 46.7. The summed E-state index contributed by atoms with van der Waals surface area (Å²) in [6.45, 7) is 4.42. The molecule has 1 aliphatic rings. The fraction of sp³-hybridized carbons (Fsp3) is 0.423. The zero-order chi connectivity index (χ0) is 27.4. The minimum absolute atomic E-state index is 0.0261. The van der Waals surface area contributed by atoms with Crippen LogP contribution in [0.1, 0.15) is 36.9 Å². The molecule has 8 nitrogen and oxygen atoms in total. The number of benzene rings is 1. The first-order chi connectivity index (χ1) is 18.1. The summed E-state index contributed by atoms with van der Waals surface area (Å²) in [5.41, 5.74) is -0.393. The Balaban J connectivity index is 1.58. The standard InChI is InChI=1S/C26H29ClF3N5O3/c1-3-4-5-6-10-34(2)25(37)19-12-17(14-31-19)38-20-13-22(35-11-9-21(33-35)26(28,29)30)32-24-18(20)8-7-16(15-36)23(24)27/h3,7-9,11,13,17,19,31,36H,1,4-6,10,12,14-15H2,2H3/t17-,19-/m0/s1. The molecule has 2 atom stereocenters. The highest BCUT2D eigenvalue weighted by Crippen LogP contribution is 2.35. The van der Waals surface area contributed by atoms with Gasteiger partial charge in [0.25, 0.3) is 0 Å². The molecular weight excluding hydrogens is 523 g/mol. The molecule has 1 fully saturated rings. The lowest BCUT2D eigenvalue weighted by Gasteiger charge is -2.21. The van der Waals surface area contributed by atoms with Crippen LogP contribution in [0.3, 0.4) is 0 Å². The SMILES string of the molecule is C=CCCCCN(C)C(=O)[C@@H]1C[C@H](Oc2cc(-n3ccc(C(F)(F)F)n3)nc3c(Cl)c(CO)ccc23)CN1. The first-order valence-corrected chi connectivity index (χ1v) is 12.6. The molecule has 4 rings (SSSR count). The number of carbonyl (C=O) groups excluding carboxylic acids is 1. The number of carbonyl (C=O) groups is 1. The van der Waals surface area contributed by atoms with Crippen LogP contribution < -0.4 is 10.1 Å². The topological polar surface area (TPSA) is 92.5 Å². The Morgan fingerprint density at radius 2 is 2.16 bits per heavy atom. The monoisotopic (exact) mass is 551 g/mol. The average Bonchev–Trinajstić information content (AvgIpc) is 3.57. The molecule has 38 heavy (non-hydrogen) atoms. The van der Waals surface area contributed by atoms with Crippen LogP contribution in [0.25, 0.3) is 16.7 Å². The summed E-state index contributed by atoms with van der Waals surface area (Å²) in [7, 11) is 1.77. The third kappa shape index (κ3) is 6.11. The van der Waals surface area contributed by atoms with Crippen LogP contribution in [-0.2, 0) is 17.6 Å². The number of aliphatic hydroxyl groups excluding tert-OH is 1. The zero-order valence-corrected chi connectivity index (χ0v) is 21.6. The third-order valence-corrected chi connectivity index (χ3v) is 6.86. The van der Waals surface area contributed by atoms with Crippen molar-refractivity contribution in [2.24, 2.45) is 0 Å². The molecule has 3 aromatic rings. The molecule has 0 saturated carbocycles. The lowest BCUT2D eigenvalue weighted by Crippen LogP contribution is -2.41. The number of rotatable bonds is 10. The van der Waals surface area contributed by atoms with Gasteiger partial charge in [-0.1, -0.05) is 23.7 Å². The molecule has 2 aromatic heterocycles. The van der Waals surface area contributed by atoms with Gasteiger partial charge in [0.1, 0.15) is 11.9 Å². The number of nitrogens with one attached hydrogen (secondary N) is 1. The van der Waals surface area contributed by atoms with Crippen molar-refractivity contribution in [3.63, 3.8) is 0 Å². The van der Waals surface area contributed by atoms with E-state index in [0.717, 1.165) is 36.2 Å². The molecule has 1 aliphatic heterocycles. The highest BCUT2D eigenvalue weighted by molar-refractivity contribution is 6.36. The lowest BCUT2D eigenvalue weighted by molar-refractivity contribution is -0.141. The first kappa shape index (κ1) is 27.9. The number of alkyl halides is 3. The van der Waals surface area contributed by atoms with Crippen molar-refractivity contribution in [1.29, 1.82) is 0 Å². The number of likely N-dealkylation sites (N-methyl/N-ethyl adjacent to an activating group) is 1. The van der Waals surface area contributed by atoms with Crippen LogP contribution in [0.2, 0.25) is 5.02 Å². The van der Waals surface area contributed by atoms with E-state index in [-0.39, 0.29) is 35.0 Å². The second kappa shape index (κ2) is 11.7. The van der Waals surface area contributed by atoms with Gasteiger partial charge in [0.2, 0.25) is 5.91 Å². The van der Waals surface area contributed by atoms with Crippen molar-refractivity contribution in [1.82, 2.24) is 25.0 Å². The number of fused-ring (bicyclic) bond motifs is 1. The maximum Gasteiger partial charge on any atom is 0.435 e. The largest absolute Gasteiger partial charge is 0.488 e. The zero-order valence-electron chi connectivity index (χ0n) is 20.8. The molecule has 0 aliphatic carbocycles. The fourth-order valence-electron chi connectivity index (χ4n) is 4.37. The molecule has 0 radical (unpaired) electrons. The molecule has 1 aromatic carbocycles. The van der Waals surface area contributed by atoms with Gasteiger partial charge in [-0.25, -0.2) is 9.67 Å². The van der Waals surface area contributed by atoms with Crippen LogP contribution >= 0.6 is 11.6 Å². The number of allylic oxidation sites excluding steroid dienone is 1. The van der Waals surface area contributed by atoms with Crippen molar-refractivity contribution in [3.8, 4) is 11.6 Å². The minimum Gasteiger partial charge on any atom is -0.488 e. The van der Waals surface area contributed by atoms with Crippen LogP contribution in [0.4, 0.5) is 13.2 Å². The number of aliphatic hydroxyl groups is 1. The van der Waals surface area contributed by atoms with Crippen LogP contribution in [-0.4, -0.2) is 63.0 Å². The number of nitrogens with zero attached hydrogens (tertiary/aromatic N) is 4. The molecule has 12 heteroatoms. The molecule has 0 spiro atoms. The van der Waals surface area contributed by atoms with Crippen LogP contribution in [0.5, 0.6) is 5.75 Å². The number of amides is 1. The van der Waals surface area contributed by atoms with Gasteiger partial charge in [0.05, 0.1) is 23.2 Å². The second-order valence-corrected chi connectivity index (χ2v) is 9.57. The number of hydrogen-bond donors (Lipinski definition) is 2. The average molecular weight is 552 g/mol. The van der Waals surface area contributed by atoms with Gasteiger partial charge in [0.15, 0.2) is 11.5 Å². The highest BCUT2D eigenvalue weighted by atomic mass is 35.5. The van der Waals surface area contributed by atoms with Crippen LogP contribution in [0.15, 0.2) is 43.1 Å². The molecule has 204 valence electrons. The third-order valence-electron chi connectivity index (χ3n) is 6.44. The number of ether oxygens (including phenoxy) is 1. The van der Waals surface area contributed by atoms with Gasteiger partial charge < -0.3 is 20.1 Å². The first-order valence-electron chi connectivity index (χ1n) is 12.2. The number of unbranched alkanes of at least 4 members (excludes halogenated alkanes) is 2. The normalized spacial score (nSPS) is 17.6. The lowest BCUT2D eigenvalue weighted by atomic mass is 10.1. The van der Waals surface area contributed by atoms with E-state index >= 15 is 0 Å². The van der Waals surface area contributed by atoms with E-state index in [0.29, 0.717) is 36.2 Å². The molecular formula is C26H29ClF3N5O3. The molecule has 1 saturated heterocycles. The summed E-state index contributed by atoms with van der Waals surface area (Å²) in [5.74, 6) is 0.373. The molecule has 1 amide bonds. The van der Waals surface area contributed by atoms with E-state index in [9.17, 15) is 23.1 Å². The Kier molecular flexibility index (Phi) is 8.59. The Hall–Kier alpha value is -3.15. The van der Waals surface area contributed by atoms with Crippen molar-refractivity contribution < 1.29 is 27.8 Å². The number of pyridine rings is 1. The van der Waals surface area contributed by atoms with Gasteiger partial charge in [0, 0.05) is 44.2 Å². The Labute approximate surface area is 223 Å². The van der Waals surface area contributed by atoms with Crippen LogP contribution in [0, 0.1) is 0 Å². The smallest absolute Gasteiger partial charge is 0.435 e. The van der Waals surface area contributed by atoms with Gasteiger partial charge >= 0.3 is 6.18 Å². The molecule has 0 bridgehead atoms. The van der Waals surface area contributed by atoms with E-state index in [1.54, 1.807) is 24.1 Å². The predicted octanol–water partition coefficient (Wildman–Crippen LogP) is 4.51. The quantitative estimate of drug-likeness (QED) is 0.284. The van der Waals surface area contributed by atoms with Gasteiger partial charge in [-0.3, -0.25) is 4.79 Å². The maximum absolute atomic E-state index is 13.1. The number of halogens is 4. The second-order valence-electron chi connectivity index (χ2n) is 9.20. The maximum atomic E-state index is 13.1. The Bertz CT molecular complexity index is 1310. The van der Waals surface area contributed by atoms with Crippen molar-refractivity contribution >= 4 is 28.4 Å². The minimum atomic E-state index is -4.61. The summed E-state index contributed by atoms with van der Waals surface area (Å²) in [4.78, 5) is 19.0. The number of aromatic nitrogens is 3. The van der Waals surface area contributed by atoms with E-state index in [4.69, 9.17) is 16.3 Å². The summed E-state index contributed by atoms with van der Waals surface area (Å²) in [5, 5.41) is 17.1. The van der Waals surface area contributed by atoms with Gasteiger partial charge in [-0.15, -0.1) is 6.58 Å². The van der Waals surface area contributed by atoms with Crippen molar-refractivity contribution in [2.45, 2.75) is 50.6 Å². The predicted molar refractivity (Wildman–Crippen MR) is 137 cm³/mol. The van der Waals surface area contributed by atoms with E-state index in [2.05, 4.69) is 22.0 Å². The Morgan fingerprint density at radius 1 is 1.37 bits per heavy atom. The summed E-state index contributed by atoms with van der Waals surface area (Å²) >= 11 is 6.47. The van der Waals surface area contributed by atoms with E-state index in [1.807, 2.05) is 6.08 Å². The molecule has 3 heterocycles. The molecule has 0 unspecified atom stereocenters. The highest BCUT2D eigenvalue weighted by Gasteiger charge is 2.35. The van der Waals surface area contributed by atoms with Crippen molar-refractivity contribution in [2.75, 3.05) is 20.1 Å². The molecule has 2 N–H and O–H groups in total. The van der Waals surface area contributed by atoms with Crippen molar-refractivity contribution in [3.05, 3.63) is 59.4 Å². The van der Waals surface area contributed by atoms with E-state index in [1.165, 1.54) is 6.07 Å². The summed E-state index contributed by atoms with van der Waals surface area (Å²) in [6.07, 6.45) is 1.18. The fourth-order valence-corrected chi connectivity index (χ4v) is 4.64. The summed E-state index contributed by atoms with van der Waals surface area (Å²) in [6, 6.07) is 5.25. The Morgan fingerprint density at radius 3 is 2.84 bits per heavy atom. The van der Waals surface area contributed by atoms with Gasteiger partial charge in [-0.2, -0.15) is 18.3 Å². The van der Waals surface area contributed by atoms with E-state index < -0.39 is 17.9 Å².